The molecule has 4 heterocycles. The zero-order chi connectivity index (χ0) is 39.5. The van der Waals surface area contributed by atoms with Gasteiger partial charge in [0.2, 0.25) is 29.5 Å². The molecule has 294 valence electrons. The number of piperidine rings is 1. The van der Waals surface area contributed by atoms with Crippen molar-refractivity contribution in [2.24, 2.45) is 12.8 Å². The zero-order valence-corrected chi connectivity index (χ0v) is 32.1. The van der Waals surface area contributed by atoms with E-state index in [1.807, 2.05) is 55.5 Å². The van der Waals surface area contributed by atoms with Crippen LogP contribution in [0.3, 0.4) is 0 Å². The Morgan fingerprint density at radius 3 is 2.38 bits per heavy atom. The number of carbonyl (C=O) groups excluding carboxylic acids is 5. The molecule has 3 aromatic carbocycles. The van der Waals surface area contributed by atoms with Crippen LogP contribution >= 0.6 is 0 Å². The van der Waals surface area contributed by atoms with Crippen LogP contribution in [0, 0.1) is 0 Å². The minimum atomic E-state index is -0.702. The number of amides is 5. The van der Waals surface area contributed by atoms with E-state index in [4.69, 9.17) is 10.5 Å². The number of hydrogen-bond acceptors (Lipinski definition) is 7. The SMILES string of the molecule is C[C@@H](OCc1ccc(CCCCc2ccc3c(c2)n(C)c(=O)n3C2CCC(=O)NC2=O)cc1)[C@H](CCC(N)=O)NC(=O)[C@@H]1Cc2cccc3c2N1C(=O)CCC3. The summed E-state index contributed by atoms with van der Waals surface area (Å²) < 4.78 is 9.31. The number of unbranched alkanes of at least 4 members (excludes halogenated alkanes) is 1. The Hall–Kier alpha value is -5.56. The van der Waals surface area contributed by atoms with Crippen LogP contribution in [0.1, 0.15) is 92.1 Å². The molecule has 0 spiro atoms. The summed E-state index contributed by atoms with van der Waals surface area (Å²) in [6.07, 6.45) is 6.58. The largest absolute Gasteiger partial charge is 0.372 e. The molecule has 1 aromatic heterocycles. The Labute approximate surface area is 325 Å². The average molecular weight is 763 g/mol. The van der Waals surface area contributed by atoms with Crippen LogP contribution in [-0.2, 0) is 68.0 Å². The fourth-order valence-electron chi connectivity index (χ4n) is 8.43. The van der Waals surface area contributed by atoms with Gasteiger partial charge in [0.15, 0.2) is 0 Å². The molecule has 1 saturated heterocycles. The number of nitrogens with two attached hydrogens (primary N) is 1. The van der Waals surface area contributed by atoms with Crippen molar-refractivity contribution in [2.45, 2.75) is 115 Å². The second-order valence-corrected chi connectivity index (χ2v) is 15.4. The third kappa shape index (κ3) is 8.18. The lowest BCUT2D eigenvalue weighted by molar-refractivity contribution is -0.135. The first-order valence-electron chi connectivity index (χ1n) is 19.7. The van der Waals surface area contributed by atoms with Crippen molar-refractivity contribution >= 4 is 46.3 Å². The molecule has 3 aliphatic rings. The van der Waals surface area contributed by atoms with E-state index in [9.17, 15) is 28.8 Å². The summed E-state index contributed by atoms with van der Waals surface area (Å²) in [7, 11) is 1.70. The third-order valence-corrected chi connectivity index (χ3v) is 11.6. The van der Waals surface area contributed by atoms with Crippen LogP contribution in [-0.4, -0.2) is 56.9 Å². The Bertz CT molecular complexity index is 2220. The van der Waals surface area contributed by atoms with E-state index in [-0.39, 0.29) is 36.3 Å². The lowest BCUT2D eigenvalue weighted by Gasteiger charge is -2.29. The summed E-state index contributed by atoms with van der Waals surface area (Å²) in [5, 5.41) is 5.46. The fourth-order valence-corrected chi connectivity index (χ4v) is 8.43. The molecule has 0 aliphatic carbocycles. The minimum absolute atomic E-state index is 0.0391. The van der Waals surface area contributed by atoms with Crippen molar-refractivity contribution in [1.82, 2.24) is 19.8 Å². The van der Waals surface area contributed by atoms with Gasteiger partial charge in [-0.1, -0.05) is 48.5 Å². The number of nitrogens with zero attached hydrogens (tertiary/aromatic N) is 3. The predicted molar refractivity (Wildman–Crippen MR) is 211 cm³/mol. The molecule has 5 amide bonds. The molecule has 4 atom stereocenters. The van der Waals surface area contributed by atoms with E-state index in [0.717, 1.165) is 72.0 Å². The van der Waals surface area contributed by atoms with Crippen molar-refractivity contribution in [3.05, 3.63) is 99.0 Å². The number of rotatable bonds is 15. The van der Waals surface area contributed by atoms with Gasteiger partial charge in [0, 0.05) is 32.7 Å². The van der Waals surface area contributed by atoms with Crippen molar-refractivity contribution in [3.63, 3.8) is 0 Å². The van der Waals surface area contributed by atoms with Gasteiger partial charge < -0.3 is 15.8 Å². The number of ether oxygens (including phenoxy) is 1. The van der Waals surface area contributed by atoms with Crippen LogP contribution in [0.25, 0.3) is 11.0 Å². The van der Waals surface area contributed by atoms with Gasteiger partial charge in [-0.3, -0.25) is 43.3 Å². The number of para-hydroxylation sites is 1. The molecule has 56 heavy (non-hydrogen) atoms. The molecule has 13 heteroatoms. The molecule has 0 radical (unpaired) electrons. The van der Waals surface area contributed by atoms with Crippen molar-refractivity contribution in [3.8, 4) is 0 Å². The van der Waals surface area contributed by atoms with Crippen LogP contribution < -0.4 is 27.0 Å². The number of aryl methyl sites for hydroxylation is 4. The highest BCUT2D eigenvalue weighted by molar-refractivity contribution is 6.04. The maximum absolute atomic E-state index is 13.8. The molecule has 4 aromatic rings. The number of carbonyl (C=O) groups is 5. The van der Waals surface area contributed by atoms with Gasteiger partial charge in [-0.15, -0.1) is 0 Å². The van der Waals surface area contributed by atoms with Gasteiger partial charge in [-0.25, -0.2) is 4.79 Å². The van der Waals surface area contributed by atoms with Gasteiger partial charge in [0.1, 0.15) is 12.1 Å². The van der Waals surface area contributed by atoms with Gasteiger partial charge in [-0.05, 0) is 98.2 Å². The number of primary amides is 1. The van der Waals surface area contributed by atoms with E-state index in [1.54, 1.807) is 16.5 Å². The smallest absolute Gasteiger partial charge is 0.329 e. The molecule has 13 nitrogen and oxygen atoms in total. The Morgan fingerprint density at radius 2 is 1.62 bits per heavy atom. The van der Waals surface area contributed by atoms with Gasteiger partial charge in [-0.2, -0.15) is 0 Å². The highest BCUT2D eigenvalue weighted by Gasteiger charge is 2.41. The Balaban J connectivity index is 0.905. The predicted octanol–water partition coefficient (Wildman–Crippen LogP) is 3.83. The molecule has 0 saturated carbocycles. The quantitative estimate of drug-likeness (QED) is 0.122. The number of hydrogen-bond donors (Lipinski definition) is 3. The summed E-state index contributed by atoms with van der Waals surface area (Å²) in [5.41, 5.74) is 12.9. The van der Waals surface area contributed by atoms with Crippen LogP contribution in [0.5, 0.6) is 0 Å². The van der Waals surface area contributed by atoms with Gasteiger partial charge >= 0.3 is 5.69 Å². The normalized spacial score (nSPS) is 19.0. The second kappa shape index (κ2) is 16.7. The van der Waals surface area contributed by atoms with E-state index >= 15 is 0 Å². The number of anilines is 1. The first-order valence-corrected chi connectivity index (χ1v) is 19.7. The maximum Gasteiger partial charge on any atom is 0.329 e. The minimum Gasteiger partial charge on any atom is -0.372 e. The highest BCUT2D eigenvalue weighted by atomic mass is 16.5. The first-order chi connectivity index (χ1) is 27.0. The van der Waals surface area contributed by atoms with Crippen molar-refractivity contribution < 1.29 is 28.7 Å². The van der Waals surface area contributed by atoms with E-state index in [1.165, 1.54) is 10.1 Å². The third-order valence-electron chi connectivity index (χ3n) is 11.6. The van der Waals surface area contributed by atoms with Crippen molar-refractivity contribution in [2.75, 3.05) is 4.90 Å². The van der Waals surface area contributed by atoms with Crippen LogP contribution in [0.15, 0.2) is 65.5 Å². The van der Waals surface area contributed by atoms with Gasteiger partial charge in [0.05, 0.1) is 35.5 Å². The summed E-state index contributed by atoms with van der Waals surface area (Å²) in [6, 6.07) is 18.4. The number of fused-ring (bicyclic) bond motifs is 1. The van der Waals surface area contributed by atoms with Gasteiger partial charge in [0.25, 0.3) is 0 Å². The average Bonchev–Trinajstić information content (AvgIpc) is 3.63. The van der Waals surface area contributed by atoms with E-state index in [0.29, 0.717) is 37.8 Å². The molecular formula is C43H50N6O7. The Kier molecular flexibility index (Phi) is 11.5. The number of aromatic nitrogens is 2. The first kappa shape index (κ1) is 38.7. The number of benzene rings is 3. The number of imidazole rings is 1. The topological polar surface area (TPSA) is 175 Å². The fraction of sp³-hybridized carbons (Fsp3) is 0.442. The lowest BCUT2D eigenvalue weighted by Crippen LogP contribution is -2.53. The number of imide groups is 1. The summed E-state index contributed by atoms with van der Waals surface area (Å²) in [6.45, 7) is 2.20. The van der Waals surface area contributed by atoms with E-state index in [2.05, 4.69) is 22.8 Å². The van der Waals surface area contributed by atoms with E-state index < -0.39 is 36.0 Å². The van der Waals surface area contributed by atoms with Crippen LogP contribution in [0.4, 0.5) is 5.69 Å². The Morgan fingerprint density at radius 1 is 0.911 bits per heavy atom. The molecular weight excluding hydrogens is 713 g/mol. The molecule has 7 rings (SSSR count). The zero-order valence-electron chi connectivity index (χ0n) is 32.1. The molecule has 0 bridgehead atoms. The second-order valence-electron chi connectivity index (χ2n) is 15.4. The number of nitrogens with one attached hydrogen (secondary N) is 2. The maximum atomic E-state index is 13.8. The monoisotopic (exact) mass is 762 g/mol. The van der Waals surface area contributed by atoms with Crippen molar-refractivity contribution in [1.29, 1.82) is 0 Å². The molecule has 3 aliphatic heterocycles. The summed E-state index contributed by atoms with van der Waals surface area (Å²) in [4.78, 5) is 77.6. The molecule has 1 unspecified atom stereocenters. The molecule has 4 N–H and O–H groups in total. The highest BCUT2D eigenvalue weighted by Crippen LogP contribution is 2.39. The lowest BCUT2D eigenvalue weighted by atomic mass is 10.0. The van der Waals surface area contributed by atoms with Crippen LogP contribution in [0.2, 0.25) is 0 Å². The standard InChI is InChI=1S/C43H50N6O7/c1-26(32(18-21-37(44)50)45-42(54)36-24-31-11-5-9-30-10-6-12-39(52)49(36)40(30)31)56-25-29-15-13-27(14-16-29)7-3-4-8-28-17-19-33-35(23-28)47(2)43(55)48(33)34-20-22-38(51)46-41(34)53/h5,9,11,13-17,19,23,26,32,34,36H,3-4,6-8,10,12,18,20-22,24-25H2,1-2H3,(H2,44,50)(H,45,54)(H,46,51,53)/t26-,32+,34?,36+/m1/s1. The summed E-state index contributed by atoms with van der Waals surface area (Å²) in [5.74, 6) is -1.51. The molecule has 1 fully saturated rings. The summed E-state index contributed by atoms with van der Waals surface area (Å²) >= 11 is 0.